The highest BCUT2D eigenvalue weighted by Gasteiger charge is 2.15. The summed E-state index contributed by atoms with van der Waals surface area (Å²) in [4.78, 5) is 29.5. The van der Waals surface area contributed by atoms with E-state index in [1.807, 2.05) is 47.8 Å². The molecule has 0 aliphatic heterocycles. The summed E-state index contributed by atoms with van der Waals surface area (Å²) in [6.07, 6.45) is 1.66. The number of phenols is 1. The highest BCUT2D eigenvalue weighted by Crippen LogP contribution is 2.35. The summed E-state index contributed by atoms with van der Waals surface area (Å²) in [5, 5.41) is 15.5. The van der Waals surface area contributed by atoms with Crippen LogP contribution in [0.2, 0.25) is 0 Å². The van der Waals surface area contributed by atoms with Crippen molar-refractivity contribution in [3.05, 3.63) is 95.4 Å². The maximum Gasteiger partial charge on any atom is 0.255 e. The van der Waals surface area contributed by atoms with Crippen molar-refractivity contribution in [3.63, 3.8) is 0 Å². The monoisotopic (exact) mass is 519 g/mol. The number of aromatic hydroxyl groups is 1. The molecule has 3 heterocycles. The van der Waals surface area contributed by atoms with Gasteiger partial charge in [-0.15, -0.1) is 11.3 Å². The van der Waals surface area contributed by atoms with Gasteiger partial charge in [0.2, 0.25) is 5.88 Å². The summed E-state index contributed by atoms with van der Waals surface area (Å²) in [6, 6.07) is 21.8. The number of phenolic OH excluding ortho intramolecular Hbond substituents is 1. The third-order valence-electron chi connectivity index (χ3n) is 6.12. The lowest BCUT2D eigenvalue weighted by Gasteiger charge is -2.09. The molecule has 3 aromatic carbocycles. The van der Waals surface area contributed by atoms with Crippen LogP contribution in [-0.4, -0.2) is 38.1 Å². The van der Waals surface area contributed by atoms with Gasteiger partial charge in [-0.2, -0.15) is 0 Å². The van der Waals surface area contributed by atoms with Gasteiger partial charge in [-0.3, -0.25) is 4.79 Å². The van der Waals surface area contributed by atoms with Gasteiger partial charge >= 0.3 is 0 Å². The van der Waals surface area contributed by atoms with Crippen molar-refractivity contribution in [2.45, 2.75) is 0 Å². The number of carbonyl (C=O) groups is 1. The fourth-order valence-corrected chi connectivity index (χ4v) is 4.82. The first kappa shape index (κ1) is 23.4. The Balaban J connectivity index is 1.29. The summed E-state index contributed by atoms with van der Waals surface area (Å²) in [5.41, 5.74) is 8.21. The van der Waals surface area contributed by atoms with E-state index in [0.717, 1.165) is 27.9 Å². The van der Waals surface area contributed by atoms with Crippen molar-refractivity contribution in [1.82, 2.24) is 19.9 Å². The third kappa shape index (κ3) is 4.46. The van der Waals surface area contributed by atoms with Gasteiger partial charge in [-0.1, -0.05) is 18.2 Å². The average Bonchev–Trinajstić information content (AvgIpc) is 3.64. The molecule has 38 heavy (non-hydrogen) atoms. The number of H-pyrrole nitrogens is 1. The number of nitrogens with one attached hydrogen (secondary N) is 2. The second-order valence-electron chi connectivity index (χ2n) is 8.52. The molecule has 6 aromatic rings. The topological polar surface area (TPSA) is 113 Å². The molecule has 9 heteroatoms. The van der Waals surface area contributed by atoms with E-state index >= 15 is 0 Å². The Labute approximate surface area is 221 Å². The first-order chi connectivity index (χ1) is 18.6. The number of amides is 1. The van der Waals surface area contributed by atoms with Crippen LogP contribution in [0.15, 0.2) is 89.9 Å². The number of ether oxygens (including phenoxy) is 1. The third-order valence-corrected chi connectivity index (χ3v) is 6.71. The molecule has 0 bridgehead atoms. The lowest BCUT2D eigenvalue weighted by molar-refractivity contribution is 0.102. The molecular formula is C29H21N5O3S. The molecule has 1 amide bonds. The van der Waals surface area contributed by atoms with Crippen LogP contribution in [0.4, 0.5) is 5.69 Å². The van der Waals surface area contributed by atoms with Crippen molar-refractivity contribution in [2.24, 2.45) is 0 Å². The lowest BCUT2D eigenvalue weighted by Crippen LogP contribution is -2.11. The number of hydrogen-bond acceptors (Lipinski definition) is 7. The predicted molar refractivity (Wildman–Crippen MR) is 148 cm³/mol. The van der Waals surface area contributed by atoms with Gasteiger partial charge < -0.3 is 20.1 Å². The SMILES string of the molecule is COc1ncccc1-c1ccc(O)c(-c2nc3cc(C(=O)Nc4cccc(-c5cscn5)c4)ccc3[nH]2)c1. The van der Waals surface area contributed by atoms with E-state index in [4.69, 9.17) is 4.74 Å². The number of carbonyl (C=O) groups excluding carboxylic acids is 1. The Hall–Kier alpha value is -5.02. The molecule has 186 valence electrons. The number of hydrogen-bond donors (Lipinski definition) is 3. The molecule has 3 N–H and O–H groups in total. The van der Waals surface area contributed by atoms with Crippen molar-refractivity contribution < 1.29 is 14.6 Å². The molecule has 6 rings (SSSR count). The van der Waals surface area contributed by atoms with E-state index in [0.29, 0.717) is 34.0 Å². The van der Waals surface area contributed by atoms with E-state index in [1.165, 1.54) is 11.3 Å². The molecular weight excluding hydrogens is 498 g/mol. The number of fused-ring (bicyclic) bond motifs is 1. The molecule has 0 spiro atoms. The zero-order chi connectivity index (χ0) is 26.1. The zero-order valence-corrected chi connectivity index (χ0v) is 21.0. The van der Waals surface area contributed by atoms with Gasteiger partial charge in [0, 0.05) is 34.0 Å². The van der Waals surface area contributed by atoms with Crippen molar-refractivity contribution in [3.8, 4) is 45.4 Å². The number of aromatic amines is 1. The average molecular weight is 520 g/mol. The molecule has 0 aliphatic rings. The van der Waals surface area contributed by atoms with Crippen LogP contribution in [0.25, 0.3) is 44.8 Å². The number of methoxy groups -OCH3 is 1. The molecule has 0 unspecified atom stereocenters. The molecule has 3 aromatic heterocycles. The van der Waals surface area contributed by atoms with Crippen LogP contribution in [-0.2, 0) is 0 Å². The molecule has 0 atom stereocenters. The quantitative estimate of drug-likeness (QED) is 0.235. The van der Waals surface area contributed by atoms with Gasteiger partial charge in [0.05, 0.1) is 34.9 Å². The van der Waals surface area contributed by atoms with Gasteiger partial charge in [0.1, 0.15) is 11.6 Å². The van der Waals surface area contributed by atoms with Gasteiger partial charge in [0.15, 0.2) is 0 Å². The molecule has 8 nitrogen and oxygen atoms in total. The summed E-state index contributed by atoms with van der Waals surface area (Å²) in [5.74, 6) is 0.797. The first-order valence-corrected chi connectivity index (χ1v) is 12.7. The fraction of sp³-hybridized carbons (Fsp3) is 0.0345. The molecule has 0 fully saturated rings. The minimum atomic E-state index is -0.250. The number of benzene rings is 3. The van der Waals surface area contributed by atoms with E-state index in [1.54, 1.807) is 49.1 Å². The van der Waals surface area contributed by atoms with Gasteiger partial charge in [-0.05, 0) is 60.2 Å². The lowest BCUT2D eigenvalue weighted by atomic mass is 10.0. The maximum atomic E-state index is 13.0. The summed E-state index contributed by atoms with van der Waals surface area (Å²) < 4.78 is 5.39. The van der Waals surface area contributed by atoms with Crippen LogP contribution < -0.4 is 10.1 Å². The van der Waals surface area contributed by atoms with E-state index < -0.39 is 0 Å². The summed E-state index contributed by atoms with van der Waals surface area (Å²) >= 11 is 1.52. The molecule has 0 aliphatic carbocycles. The Morgan fingerprint density at radius 1 is 0.974 bits per heavy atom. The van der Waals surface area contributed by atoms with Gasteiger partial charge in [-0.25, -0.2) is 15.0 Å². The number of nitrogens with zero attached hydrogens (tertiary/aromatic N) is 3. The molecule has 0 saturated carbocycles. The smallest absolute Gasteiger partial charge is 0.255 e. The summed E-state index contributed by atoms with van der Waals surface area (Å²) in [6.45, 7) is 0. The minimum absolute atomic E-state index is 0.0774. The Kier molecular flexibility index (Phi) is 6.03. The standard InChI is InChI=1S/C29H21N5O3S/c1-37-29-21(6-3-11-30-29)17-8-10-26(35)22(13-17)27-33-23-9-7-19(14-24(23)34-27)28(36)32-20-5-2-4-18(12-20)25-15-38-16-31-25/h2-16,35H,1H3,(H,32,36)(H,33,34). The number of rotatable bonds is 6. The highest BCUT2D eigenvalue weighted by atomic mass is 32.1. The van der Waals surface area contributed by atoms with Crippen molar-refractivity contribution in [1.29, 1.82) is 0 Å². The number of imidazole rings is 1. The predicted octanol–water partition coefficient (Wildman–Crippen LogP) is 6.38. The maximum absolute atomic E-state index is 13.0. The zero-order valence-electron chi connectivity index (χ0n) is 20.2. The van der Waals surface area contributed by atoms with Crippen LogP contribution in [0.1, 0.15) is 10.4 Å². The number of thiazole rings is 1. The van der Waals surface area contributed by atoms with Crippen LogP contribution in [0, 0.1) is 0 Å². The Morgan fingerprint density at radius 3 is 2.74 bits per heavy atom. The first-order valence-electron chi connectivity index (χ1n) is 11.7. The van der Waals surface area contributed by atoms with E-state index in [-0.39, 0.29) is 11.7 Å². The normalized spacial score (nSPS) is 11.0. The largest absolute Gasteiger partial charge is 0.507 e. The molecule has 0 saturated heterocycles. The number of pyridine rings is 1. The number of anilines is 1. The van der Waals surface area contributed by atoms with Crippen LogP contribution in [0.5, 0.6) is 11.6 Å². The van der Waals surface area contributed by atoms with Gasteiger partial charge in [0.25, 0.3) is 5.91 Å². The summed E-state index contributed by atoms with van der Waals surface area (Å²) in [7, 11) is 1.57. The van der Waals surface area contributed by atoms with Crippen molar-refractivity contribution >= 4 is 34.0 Å². The Morgan fingerprint density at radius 2 is 1.89 bits per heavy atom. The number of aromatic nitrogens is 4. The van der Waals surface area contributed by atoms with E-state index in [9.17, 15) is 9.90 Å². The van der Waals surface area contributed by atoms with Crippen molar-refractivity contribution in [2.75, 3.05) is 12.4 Å². The highest BCUT2D eigenvalue weighted by molar-refractivity contribution is 7.07. The fourth-order valence-electron chi connectivity index (χ4n) is 4.26. The van der Waals surface area contributed by atoms with E-state index in [2.05, 4.69) is 25.3 Å². The second-order valence-corrected chi connectivity index (χ2v) is 9.24. The van der Waals surface area contributed by atoms with Crippen LogP contribution in [0.3, 0.4) is 0 Å². The molecule has 0 radical (unpaired) electrons. The second kappa shape index (κ2) is 9.79. The van der Waals surface area contributed by atoms with Crippen LogP contribution >= 0.6 is 11.3 Å². The Bertz CT molecular complexity index is 1780. The minimum Gasteiger partial charge on any atom is -0.507 e.